The van der Waals surface area contributed by atoms with E-state index in [-0.39, 0.29) is 5.56 Å². The fourth-order valence-electron chi connectivity index (χ4n) is 2.17. The monoisotopic (exact) mass is 327 g/mol. The summed E-state index contributed by atoms with van der Waals surface area (Å²) in [6.45, 7) is 2.32. The number of methoxy groups -OCH3 is 2. The molecule has 6 nitrogen and oxygen atoms in total. The summed E-state index contributed by atoms with van der Waals surface area (Å²) in [6.07, 6.45) is 0. The predicted molar refractivity (Wildman–Crippen MR) is 90.3 cm³/mol. The highest BCUT2D eigenvalue weighted by Crippen LogP contribution is 2.21. The summed E-state index contributed by atoms with van der Waals surface area (Å²) in [6, 6.07) is 11.9. The molecule has 0 bridgehead atoms. The topological polar surface area (TPSA) is 83.0 Å². The van der Waals surface area contributed by atoms with Gasteiger partial charge in [0.2, 0.25) is 0 Å². The Kier molecular flexibility index (Phi) is 5.92. The minimum Gasteiger partial charge on any atom is -0.545 e. The van der Waals surface area contributed by atoms with Crippen molar-refractivity contribution in [2.75, 3.05) is 19.6 Å². The Morgan fingerprint density at radius 1 is 1.12 bits per heavy atom. The molecule has 0 radical (unpaired) electrons. The third kappa shape index (κ3) is 4.33. The fourth-order valence-corrected chi connectivity index (χ4v) is 2.17. The molecule has 24 heavy (non-hydrogen) atoms. The molecule has 2 aromatic rings. The lowest BCUT2D eigenvalue weighted by Crippen LogP contribution is -2.21. The molecule has 0 unspecified atom stereocenters. The first-order valence-electron chi connectivity index (χ1n) is 7.33. The normalized spacial score (nSPS) is 11.2. The van der Waals surface area contributed by atoms with Crippen LogP contribution in [0.2, 0.25) is 0 Å². The summed E-state index contributed by atoms with van der Waals surface area (Å²) in [7, 11) is 3.25. The van der Waals surface area contributed by atoms with Crippen molar-refractivity contribution in [2.24, 2.45) is 5.10 Å². The molecule has 0 spiro atoms. The molecule has 0 aliphatic heterocycles. The van der Waals surface area contributed by atoms with Crippen molar-refractivity contribution in [1.29, 1.82) is 0 Å². The Morgan fingerprint density at radius 2 is 1.79 bits per heavy atom. The molecule has 0 aromatic heterocycles. The summed E-state index contributed by atoms with van der Waals surface area (Å²) < 4.78 is 10.5. The number of carbonyl (C=O) groups excluding carboxylic acids is 1. The van der Waals surface area contributed by atoms with Crippen molar-refractivity contribution >= 4 is 17.4 Å². The number of aromatic carboxylic acids is 1. The number of nitrogens with zero attached hydrogens (tertiary/aromatic N) is 1. The first kappa shape index (κ1) is 17.5. The zero-order chi connectivity index (χ0) is 17.5. The minimum atomic E-state index is -1.20. The zero-order valence-electron chi connectivity index (χ0n) is 13.8. The molecule has 0 amide bonds. The molecule has 0 atom stereocenters. The van der Waals surface area contributed by atoms with Crippen LogP contribution in [0, 0.1) is 0 Å². The summed E-state index contributed by atoms with van der Waals surface area (Å²) >= 11 is 0. The van der Waals surface area contributed by atoms with Gasteiger partial charge >= 0.3 is 0 Å². The second kappa shape index (κ2) is 8.12. The third-order valence-corrected chi connectivity index (χ3v) is 3.47. The van der Waals surface area contributed by atoms with Crippen LogP contribution in [0.4, 0.5) is 5.69 Å². The van der Waals surface area contributed by atoms with Gasteiger partial charge < -0.3 is 19.4 Å². The minimum absolute atomic E-state index is 0.126. The van der Waals surface area contributed by atoms with Crippen LogP contribution >= 0.6 is 0 Å². The standard InChI is InChI=1S/C18H20N2O4/c1-12(14-6-9-17(24-3)15(10-14)11-23-2)19-20-16-7-4-13(5-8-16)18(21)22/h4-10,20H,11H2,1-3H3,(H,21,22)/p-1/b19-12-. The van der Waals surface area contributed by atoms with Gasteiger partial charge in [-0.3, -0.25) is 5.43 Å². The van der Waals surface area contributed by atoms with Gasteiger partial charge in [-0.1, -0.05) is 12.1 Å². The molecule has 0 fully saturated rings. The Bertz CT molecular complexity index is 739. The van der Waals surface area contributed by atoms with Gasteiger partial charge in [0.05, 0.1) is 31.1 Å². The van der Waals surface area contributed by atoms with Crippen LogP contribution in [0.5, 0.6) is 5.75 Å². The lowest BCUT2D eigenvalue weighted by atomic mass is 10.1. The second-order valence-electron chi connectivity index (χ2n) is 5.13. The van der Waals surface area contributed by atoms with Crippen molar-refractivity contribution in [2.45, 2.75) is 13.5 Å². The summed E-state index contributed by atoms with van der Waals surface area (Å²) in [5.74, 6) is -0.440. The van der Waals surface area contributed by atoms with Gasteiger partial charge in [0.1, 0.15) is 5.75 Å². The number of nitrogens with one attached hydrogen (secondary N) is 1. The van der Waals surface area contributed by atoms with Crippen molar-refractivity contribution in [1.82, 2.24) is 0 Å². The average Bonchev–Trinajstić information content (AvgIpc) is 2.60. The van der Waals surface area contributed by atoms with E-state index in [0.717, 1.165) is 22.6 Å². The maximum Gasteiger partial charge on any atom is 0.124 e. The Hall–Kier alpha value is -2.86. The Labute approximate surface area is 140 Å². The molecule has 6 heteroatoms. The quantitative estimate of drug-likeness (QED) is 0.621. The van der Waals surface area contributed by atoms with E-state index in [9.17, 15) is 9.90 Å². The fraction of sp³-hybridized carbons (Fsp3) is 0.222. The smallest absolute Gasteiger partial charge is 0.124 e. The number of carboxylic acids is 1. The van der Waals surface area contributed by atoms with Crippen LogP contribution in [0.1, 0.15) is 28.4 Å². The van der Waals surface area contributed by atoms with E-state index in [1.165, 1.54) is 12.1 Å². The number of carboxylic acid groups (broad SMARTS) is 1. The number of anilines is 1. The molecule has 1 N–H and O–H groups in total. The zero-order valence-corrected chi connectivity index (χ0v) is 13.8. The average molecular weight is 327 g/mol. The van der Waals surface area contributed by atoms with Crippen LogP contribution in [-0.2, 0) is 11.3 Å². The maximum absolute atomic E-state index is 10.7. The van der Waals surface area contributed by atoms with E-state index in [2.05, 4.69) is 10.5 Å². The molecular weight excluding hydrogens is 308 g/mol. The van der Waals surface area contributed by atoms with Crippen LogP contribution in [0.15, 0.2) is 47.6 Å². The van der Waals surface area contributed by atoms with E-state index < -0.39 is 5.97 Å². The SMILES string of the molecule is COCc1cc(/C(C)=N\Nc2ccc(C(=O)[O-])cc2)ccc1OC. The van der Waals surface area contributed by atoms with Gasteiger partial charge in [0, 0.05) is 12.7 Å². The molecule has 0 aliphatic rings. The van der Waals surface area contributed by atoms with Crippen molar-refractivity contribution in [3.8, 4) is 5.75 Å². The first-order valence-corrected chi connectivity index (χ1v) is 7.33. The largest absolute Gasteiger partial charge is 0.545 e. The van der Waals surface area contributed by atoms with E-state index in [1.54, 1.807) is 26.4 Å². The molecule has 0 heterocycles. The van der Waals surface area contributed by atoms with Crippen molar-refractivity contribution in [3.05, 3.63) is 59.2 Å². The first-order chi connectivity index (χ1) is 11.5. The molecule has 2 rings (SSSR count). The number of ether oxygens (including phenoxy) is 2. The van der Waals surface area contributed by atoms with Gasteiger partial charge in [-0.05, 0) is 48.4 Å². The van der Waals surface area contributed by atoms with Gasteiger partial charge in [0.15, 0.2) is 0 Å². The lowest BCUT2D eigenvalue weighted by molar-refractivity contribution is -0.255. The third-order valence-electron chi connectivity index (χ3n) is 3.47. The van der Waals surface area contributed by atoms with Crippen molar-refractivity contribution < 1.29 is 19.4 Å². The van der Waals surface area contributed by atoms with E-state index in [0.29, 0.717) is 12.3 Å². The molecule has 0 aliphatic carbocycles. The van der Waals surface area contributed by atoms with Gasteiger partial charge in [-0.2, -0.15) is 5.10 Å². The molecule has 2 aromatic carbocycles. The Morgan fingerprint density at radius 3 is 2.38 bits per heavy atom. The van der Waals surface area contributed by atoms with Gasteiger partial charge in [0.25, 0.3) is 0 Å². The highest BCUT2D eigenvalue weighted by Gasteiger charge is 2.06. The number of hydrogen-bond donors (Lipinski definition) is 1. The van der Waals surface area contributed by atoms with E-state index in [4.69, 9.17) is 9.47 Å². The molecular formula is C18H19N2O4-. The number of hydrazone groups is 1. The molecule has 0 saturated carbocycles. The lowest BCUT2D eigenvalue weighted by Gasteiger charge is -2.10. The van der Waals surface area contributed by atoms with Gasteiger partial charge in [-0.25, -0.2) is 0 Å². The summed E-state index contributed by atoms with van der Waals surface area (Å²) in [5.41, 5.74) is 6.36. The van der Waals surface area contributed by atoms with E-state index in [1.807, 2.05) is 25.1 Å². The second-order valence-corrected chi connectivity index (χ2v) is 5.13. The number of rotatable bonds is 7. The number of hydrogen-bond acceptors (Lipinski definition) is 6. The Balaban J connectivity index is 2.15. The van der Waals surface area contributed by atoms with Crippen molar-refractivity contribution in [3.63, 3.8) is 0 Å². The van der Waals surface area contributed by atoms with Crippen LogP contribution in [0.25, 0.3) is 0 Å². The maximum atomic E-state index is 10.7. The summed E-state index contributed by atoms with van der Waals surface area (Å²) in [4.78, 5) is 10.7. The highest BCUT2D eigenvalue weighted by molar-refractivity contribution is 5.99. The highest BCUT2D eigenvalue weighted by atomic mass is 16.5. The number of benzene rings is 2. The predicted octanol–water partition coefficient (Wildman–Crippen LogP) is 2.04. The molecule has 0 saturated heterocycles. The van der Waals surface area contributed by atoms with Gasteiger partial charge in [-0.15, -0.1) is 0 Å². The van der Waals surface area contributed by atoms with E-state index >= 15 is 0 Å². The van der Waals surface area contributed by atoms with Crippen LogP contribution in [-0.4, -0.2) is 25.9 Å². The molecule has 126 valence electrons. The van der Waals surface area contributed by atoms with Crippen LogP contribution in [0.3, 0.4) is 0 Å². The van der Waals surface area contributed by atoms with Crippen LogP contribution < -0.4 is 15.3 Å². The number of carbonyl (C=O) groups is 1. The summed E-state index contributed by atoms with van der Waals surface area (Å²) in [5, 5.41) is 15.0.